The number of hydrogen-bond acceptors (Lipinski definition) is 3. The Balaban J connectivity index is 2.57. The van der Waals surface area contributed by atoms with Gasteiger partial charge in [-0.2, -0.15) is 17.5 Å². The van der Waals surface area contributed by atoms with Crippen molar-refractivity contribution in [2.75, 3.05) is 31.9 Å². The number of hydrogen-bond donors (Lipinski definition) is 0. The predicted octanol–water partition coefficient (Wildman–Crippen LogP) is 1.29. The first-order valence-electron chi connectivity index (χ1n) is 5.97. The van der Waals surface area contributed by atoms with Gasteiger partial charge in [0, 0.05) is 26.2 Å². The van der Waals surface area contributed by atoms with Gasteiger partial charge in [0.05, 0.1) is 5.75 Å². The fraction of sp³-hybridized carbons (Fsp3) is 1.00. The minimum Gasteiger partial charge on any atom is -0.290 e. The number of nitrogens with zero attached hydrogens (tertiary/aromatic N) is 2. The van der Waals surface area contributed by atoms with Gasteiger partial charge < -0.3 is 0 Å². The normalized spacial score (nSPS) is 22.1. The highest BCUT2D eigenvalue weighted by atomic mass is 32.2. The molecule has 0 amide bonds. The van der Waals surface area contributed by atoms with Gasteiger partial charge in [0.25, 0.3) is 0 Å². The van der Waals surface area contributed by atoms with E-state index in [-0.39, 0.29) is 31.9 Å². The Morgan fingerprint density at radius 3 is 2.06 bits per heavy atom. The quantitative estimate of drug-likeness (QED) is 0.783. The van der Waals surface area contributed by atoms with Crippen LogP contribution in [0.15, 0.2) is 0 Å². The van der Waals surface area contributed by atoms with Gasteiger partial charge in [-0.15, -0.1) is 0 Å². The first-order valence-corrected chi connectivity index (χ1v) is 7.58. The third-order valence-electron chi connectivity index (χ3n) is 3.15. The molecule has 4 nitrogen and oxygen atoms in total. The van der Waals surface area contributed by atoms with E-state index in [9.17, 15) is 21.6 Å². The molecule has 0 radical (unpaired) electrons. The highest BCUT2D eigenvalue weighted by molar-refractivity contribution is 7.89. The summed E-state index contributed by atoms with van der Waals surface area (Å²) in [5.74, 6) is 0.0574. The molecular formula is C10H19F3N2O2S. The van der Waals surface area contributed by atoms with E-state index in [1.807, 2.05) is 0 Å². The number of alkyl halides is 3. The first-order chi connectivity index (χ1) is 8.18. The van der Waals surface area contributed by atoms with Crippen LogP contribution in [0, 0.1) is 0 Å². The molecule has 0 spiro atoms. The van der Waals surface area contributed by atoms with Crippen LogP contribution < -0.4 is 0 Å². The largest absolute Gasteiger partial charge is 0.403 e. The number of sulfonamides is 1. The lowest BCUT2D eigenvalue weighted by molar-refractivity contribution is -0.181. The third-order valence-corrected chi connectivity index (χ3v) is 5.23. The minimum atomic E-state index is -4.26. The second kappa shape index (κ2) is 5.75. The van der Waals surface area contributed by atoms with Crippen LogP contribution in [-0.2, 0) is 10.0 Å². The van der Waals surface area contributed by atoms with E-state index in [1.54, 1.807) is 6.92 Å². The average molecular weight is 288 g/mol. The molecule has 1 aliphatic heterocycles. The van der Waals surface area contributed by atoms with Crippen molar-refractivity contribution in [2.24, 2.45) is 0 Å². The topological polar surface area (TPSA) is 40.6 Å². The van der Waals surface area contributed by atoms with Crippen LogP contribution in [0.5, 0.6) is 0 Å². The number of piperazine rings is 1. The molecule has 108 valence electrons. The molecule has 1 heterocycles. The molecule has 1 fully saturated rings. The van der Waals surface area contributed by atoms with E-state index in [0.717, 1.165) is 6.92 Å². The molecule has 0 N–H and O–H groups in total. The predicted molar refractivity (Wildman–Crippen MR) is 62.7 cm³/mol. The molecule has 1 saturated heterocycles. The Morgan fingerprint density at radius 2 is 1.67 bits per heavy atom. The number of rotatable bonds is 4. The highest BCUT2D eigenvalue weighted by Crippen LogP contribution is 2.25. The van der Waals surface area contributed by atoms with Crippen molar-refractivity contribution >= 4 is 10.0 Å². The molecule has 18 heavy (non-hydrogen) atoms. The van der Waals surface area contributed by atoms with Gasteiger partial charge in [-0.3, -0.25) is 4.90 Å². The van der Waals surface area contributed by atoms with Gasteiger partial charge in [-0.1, -0.05) is 6.92 Å². The summed E-state index contributed by atoms with van der Waals surface area (Å²) < 4.78 is 62.3. The van der Waals surface area contributed by atoms with Crippen LogP contribution in [0.25, 0.3) is 0 Å². The Bertz CT molecular complexity index is 362. The Labute approximate surface area is 106 Å². The van der Waals surface area contributed by atoms with Crippen LogP contribution in [0.2, 0.25) is 0 Å². The summed E-state index contributed by atoms with van der Waals surface area (Å²) >= 11 is 0. The van der Waals surface area contributed by atoms with Crippen LogP contribution in [-0.4, -0.2) is 61.8 Å². The maximum Gasteiger partial charge on any atom is 0.403 e. The van der Waals surface area contributed by atoms with Crippen molar-refractivity contribution in [3.63, 3.8) is 0 Å². The van der Waals surface area contributed by atoms with E-state index >= 15 is 0 Å². The molecule has 0 aromatic carbocycles. The van der Waals surface area contributed by atoms with Crippen molar-refractivity contribution < 1.29 is 21.6 Å². The second-order valence-corrected chi connectivity index (χ2v) is 6.56. The molecule has 0 saturated carbocycles. The molecule has 1 rings (SSSR count). The SMILES string of the molecule is CCCS(=O)(=O)N1CCN([C@@H](C)C(F)(F)F)CC1. The maximum absolute atomic E-state index is 12.5. The molecule has 0 unspecified atom stereocenters. The lowest BCUT2D eigenvalue weighted by Crippen LogP contribution is -2.55. The fourth-order valence-electron chi connectivity index (χ4n) is 1.96. The monoisotopic (exact) mass is 288 g/mol. The summed E-state index contributed by atoms with van der Waals surface area (Å²) in [7, 11) is -3.29. The van der Waals surface area contributed by atoms with Crippen LogP contribution in [0.3, 0.4) is 0 Å². The molecular weight excluding hydrogens is 269 g/mol. The summed E-state index contributed by atoms with van der Waals surface area (Å²) in [5.41, 5.74) is 0. The maximum atomic E-state index is 12.5. The standard InChI is InChI=1S/C10H19F3N2O2S/c1-3-8-18(16,17)15-6-4-14(5-7-15)9(2)10(11,12)13/h9H,3-8H2,1-2H3/t9-/m0/s1. The van der Waals surface area contributed by atoms with Crippen molar-refractivity contribution in [1.82, 2.24) is 9.21 Å². The van der Waals surface area contributed by atoms with E-state index in [0.29, 0.717) is 6.42 Å². The van der Waals surface area contributed by atoms with Gasteiger partial charge in [-0.05, 0) is 13.3 Å². The minimum absolute atomic E-state index is 0.0574. The van der Waals surface area contributed by atoms with E-state index in [4.69, 9.17) is 0 Å². The summed E-state index contributed by atoms with van der Waals surface area (Å²) in [4.78, 5) is 1.28. The van der Waals surface area contributed by atoms with Crippen molar-refractivity contribution in [3.8, 4) is 0 Å². The van der Waals surface area contributed by atoms with Crippen LogP contribution >= 0.6 is 0 Å². The molecule has 0 aromatic rings. The first kappa shape index (κ1) is 15.7. The van der Waals surface area contributed by atoms with Gasteiger partial charge in [0.15, 0.2) is 0 Å². The summed E-state index contributed by atoms with van der Waals surface area (Å²) in [5, 5.41) is 0. The Morgan fingerprint density at radius 1 is 1.17 bits per heavy atom. The Hall–Kier alpha value is -0.340. The molecule has 0 aromatic heterocycles. The molecule has 0 aliphatic carbocycles. The summed E-state index contributed by atoms with van der Waals surface area (Å²) in [6, 6.07) is -1.52. The summed E-state index contributed by atoms with van der Waals surface area (Å²) in [6.07, 6.45) is -3.74. The molecule has 0 bridgehead atoms. The number of halogens is 3. The van der Waals surface area contributed by atoms with Gasteiger partial charge >= 0.3 is 6.18 Å². The average Bonchev–Trinajstić information content (AvgIpc) is 2.27. The zero-order chi connectivity index (χ0) is 14.0. The lowest BCUT2D eigenvalue weighted by Gasteiger charge is -2.37. The van der Waals surface area contributed by atoms with Crippen molar-refractivity contribution in [1.29, 1.82) is 0 Å². The molecule has 1 atom stereocenters. The Kier molecular flexibility index (Phi) is 5.02. The molecule has 8 heteroatoms. The van der Waals surface area contributed by atoms with Gasteiger partial charge in [0.2, 0.25) is 10.0 Å². The second-order valence-electron chi connectivity index (χ2n) is 4.47. The highest BCUT2D eigenvalue weighted by Gasteiger charge is 2.41. The van der Waals surface area contributed by atoms with E-state index in [2.05, 4.69) is 0 Å². The summed E-state index contributed by atoms with van der Waals surface area (Å²) in [6.45, 7) is 3.41. The van der Waals surface area contributed by atoms with Crippen LogP contribution in [0.4, 0.5) is 13.2 Å². The van der Waals surface area contributed by atoms with Crippen LogP contribution in [0.1, 0.15) is 20.3 Å². The fourth-order valence-corrected chi connectivity index (χ4v) is 3.46. The third kappa shape index (κ3) is 3.83. The zero-order valence-electron chi connectivity index (χ0n) is 10.6. The molecule has 1 aliphatic rings. The zero-order valence-corrected chi connectivity index (χ0v) is 11.4. The van der Waals surface area contributed by atoms with Gasteiger partial charge in [-0.25, -0.2) is 8.42 Å². The van der Waals surface area contributed by atoms with E-state index < -0.39 is 22.2 Å². The van der Waals surface area contributed by atoms with Crippen molar-refractivity contribution in [3.05, 3.63) is 0 Å². The van der Waals surface area contributed by atoms with Crippen molar-refractivity contribution in [2.45, 2.75) is 32.5 Å². The van der Waals surface area contributed by atoms with E-state index in [1.165, 1.54) is 9.21 Å². The lowest BCUT2D eigenvalue weighted by atomic mass is 10.2. The smallest absolute Gasteiger partial charge is 0.290 e. The van der Waals surface area contributed by atoms with Gasteiger partial charge in [0.1, 0.15) is 6.04 Å².